The predicted octanol–water partition coefficient (Wildman–Crippen LogP) is 3.07. The Labute approximate surface area is 85.8 Å². The van der Waals surface area contributed by atoms with E-state index < -0.39 is 0 Å². The van der Waals surface area contributed by atoms with Crippen molar-refractivity contribution in [2.24, 2.45) is 0 Å². The Morgan fingerprint density at radius 1 is 1.14 bits per heavy atom. The maximum absolute atomic E-state index is 5.50. The molecule has 1 aromatic carbocycles. The molecule has 2 heteroatoms. The Balaban J connectivity index is 2.75. The van der Waals surface area contributed by atoms with Crippen LogP contribution in [0, 0.1) is 6.92 Å². The Morgan fingerprint density at radius 3 is 2.29 bits per heavy atom. The fourth-order valence-electron chi connectivity index (χ4n) is 1.36. The van der Waals surface area contributed by atoms with Gasteiger partial charge in [0, 0.05) is 18.8 Å². The van der Waals surface area contributed by atoms with E-state index in [9.17, 15) is 0 Å². The molecule has 0 aliphatic carbocycles. The lowest BCUT2D eigenvalue weighted by molar-refractivity contribution is -0.140. The lowest BCUT2D eigenvalue weighted by Gasteiger charge is -2.17. The Kier molecular flexibility index (Phi) is 4.63. The van der Waals surface area contributed by atoms with E-state index in [1.165, 1.54) is 5.56 Å². The van der Waals surface area contributed by atoms with Crippen molar-refractivity contribution in [3.05, 3.63) is 35.4 Å². The first kappa shape index (κ1) is 11.2. The average molecular weight is 194 g/mol. The van der Waals surface area contributed by atoms with Gasteiger partial charge in [0.25, 0.3) is 0 Å². The molecule has 0 aliphatic heterocycles. The molecule has 78 valence electrons. The summed E-state index contributed by atoms with van der Waals surface area (Å²) in [6.45, 7) is 7.35. The summed E-state index contributed by atoms with van der Waals surface area (Å²) < 4.78 is 11.0. The van der Waals surface area contributed by atoms with E-state index in [0.29, 0.717) is 13.2 Å². The van der Waals surface area contributed by atoms with Crippen molar-refractivity contribution >= 4 is 0 Å². The van der Waals surface area contributed by atoms with Gasteiger partial charge in [0.2, 0.25) is 0 Å². The second kappa shape index (κ2) is 5.78. The normalized spacial score (nSPS) is 10.9. The van der Waals surface area contributed by atoms with E-state index in [1.807, 2.05) is 26.0 Å². The third-order valence-electron chi connectivity index (χ3n) is 1.95. The molecule has 0 unspecified atom stereocenters. The molecule has 0 saturated carbocycles. The highest BCUT2D eigenvalue weighted by molar-refractivity contribution is 5.23. The number of hydrogen-bond donors (Lipinski definition) is 0. The first-order valence-corrected chi connectivity index (χ1v) is 5.07. The molecule has 0 fully saturated rings. The summed E-state index contributed by atoms with van der Waals surface area (Å²) >= 11 is 0. The zero-order valence-electron chi connectivity index (χ0n) is 9.12. The zero-order chi connectivity index (χ0) is 10.4. The fraction of sp³-hybridized carbons (Fsp3) is 0.500. The Bertz CT molecular complexity index is 265. The minimum atomic E-state index is -0.218. The van der Waals surface area contributed by atoms with Gasteiger partial charge in [0.1, 0.15) is 0 Å². The molecular weight excluding hydrogens is 176 g/mol. The quantitative estimate of drug-likeness (QED) is 0.671. The maximum Gasteiger partial charge on any atom is 0.183 e. The number of aryl methyl sites for hydroxylation is 1. The van der Waals surface area contributed by atoms with Crippen LogP contribution in [0.15, 0.2) is 24.3 Å². The molecule has 0 aromatic heterocycles. The van der Waals surface area contributed by atoms with E-state index >= 15 is 0 Å². The standard InChI is InChI=1S/C12H18O2/c1-4-13-12(14-5-2)11-8-6-7-10(3)9-11/h6-9,12H,4-5H2,1-3H3. The van der Waals surface area contributed by atoms with Gasteiger partial charge in [-0.1, -0.05) is 29.8 Å². The van der Waals surface area contributed by atoms with Crippen LogP contribution in [0.25, 0.3) is 0 Å². The SMILES string of the molecule is CCOC(OCC)c1cccc(C)c1. The summed E-state index contributed by atoms with van der Waals surface area (Å²) in [5.74, 6) is 0. The molecule has 0 heterocycles. The molecule has 0 amide bonds. The van der Waals surface area contributed by atoms with Crippen LogP contribution < -0.4 is 0 Å². The number of hydrogen-bond acceptors (Lipinski definition) is 2. The highest BCUT2D eigenvalue weighted by atomic mass is 16.7. The third kappa shape index (κ3) is 3.13. The predicted molar refractivity (Wildman–Crippen MR) is 57.2 cm³/mol. The monoisotopic (exact) mass is 194 g/mol. The fourth-order valence-corrected chi connectivity index (χ4v) is 1.36. The van der Waals surface area contributed by atoms with Crippen LogP contribution in [0.5, 0.6) is 0 Å². The van der Waals surface area contributed by atoms with Crippen LogP contribution in [0.2, 0.25) is 0 Å². The van der Waals surface area contributed by atoms with Gasteiger partial charge < -0.3 is 9.47 Å². The Morgan fingerprint density at radius 2 is 1.79 bits per heavy atom. The van der Waals surface area contributed by atoms with Gasteiger partial charge in [-0.2, -0.15) is 0 Å². The summed E-state index contributed by atoms with van der Waals surface area (Å²) in [4.78, 5) is 0. The Hall–Kier alpha value is -0.860. The van der Waals surface area contributed by atoms with Gasteiger partial charge in [0.15, 0.2) is 6.29 Å². The summed E-state index contributed by atoms with van der Waals surface area (Å²) in [6, 6.07) is 8.22. The maximum atomic E-state index is 5.50. The van der Waals surface area contributed by atoms with Crippen molar-refractivity contribution in [3.8, 4) is 0 Å². The van der Waals surface area contributed by atoms with Crippen molar-refractivity contribution in [2.75, 3.05) is 13.2 Å². The molecule has 14 heavy (non-hydrogen) atoms. The highest BCUT2D eigenvalue weighted by Gasteiger charge is 2.10. The second-order valence-corrected chi connectivity index (χ2v) is 3.16. The van der Waals surface area contributed by atoms with Gasteiger partial charge in [-0.15, -0.1) is 0 Å². The molecule has 0 atom stereocenters. The summed E-state index contributed by atoms with van der Waals surface area (Å²) in [5, 5.41) is 0. The first-order valence-electron chi connectivity index (χ1n) is 5.07. The molecule has 0 radical (unpaired) electrons. The van der Waals surface area contributed by atoms with Crippen LogP contribution in [0.1, 0.15) is 31.3 Å². The van der Waals surface area contributed by atoms with Crippen LogP contribution in [-0.2, 0) is 9.47 Å². The van der Waals surface area contributed by atoms with E-state index in [0.717, 1.165) is 5.56 Å². The van der Waals surface area contributed by atoms with Crippen molar-refractivity contribution in [1.82, 2.24) is 0 Å². The molecule has 2 nitrogen and oxygen atoms in total. The first-order chi connectivity index (χ1) is 6.77. The van der Waals surface area contributed by atoms with Crippen molar-refractivity contribution in [1.29, 1.82) is 0 Å². The van der Waals surface area contributed by atoms with Crippen LogP contribution in [0.4, 0.5) is 0 Å². The summed E-state index contributed by atoms with van der Waals surface area (Å²) in [5.41, 5.74) is 2.32. The highest BCUT2D eigenvalue weighted by Crippen LogP contribution is 2.19. The van der Waals surface area contributed by atoms with Crippen LogP contribution in [0.3, 0.4) is 0 Å². The van der Waals surface area contributed by atoms with Gasteiger partial charge in [-0.3, -0.25) is 0 Å². The van der Waals surface area contributed by atoms with Gasteiger partial charge in [-0.05, 0) is 20.8 Å². The van der Waals surface area contributed by atoms with Gasteiger partial charge >= 0.3 is 0 Å². The molecule has 0 N–H and O–H groups in total. The topological polar surface area (TPSA) is 18.5 Å². The third-order valence-corrected chi connectivity index (χ3v) is 1.95. The molecule has 1 aromatic rings. The summed E-state index contributed by atoms with van der Waals surface area (Å²) in [7, 11) is 0. The van der Waals surface area contributed by atoms with E-state index in [1.54, 1.807) is 0 Å². The van der Waals surface area contributed by atoms with E-state index in [4.69, 9.17) is 9.47 Å². The molecule has 0 spiro atoms. The largest absolute Gasteiger partial charge is 0.349 e. The molecule has 0 aliphatic rings. The number of benzene rings is 1. The minimum Gasteiger partial charge on any atom is -0.349 e. The second-order valence-electron chi connectivity index (χ2n) is 3.16. The van der Waals surface area contributed by atoms with Crippen molar-refractivity contribution < 1.29 is 9.47 Å². The smallest absolute Gasteiger partial charge is 0.183 e. The molecule has 1 rings (SSSR count). The summed E-state index contributed by atoms with van der Waals surface area (Å²) in [6.07, 6.45) is -0.218. The van der Waals surface area contributed by atoms with E-state index in [2.05, 4.69) is 19.1 Å². The van der Waals surface area contributed by atoms with Crippen LogP contribution in [-0.4, -0.2) is 13.2 Å². The number of ether oxygens (including phenoxy) is 2. The van der Waals surface area contributed by atoms with Gasteiger partial charge in [0.05, 0.1) is 0 Å². The molecular formula is C12H18O2. The lowest BCUT2D eigenvalue weighted by Crippen LogP contribution is -2.08. The molecule has 0 bridgehead atoms. The molecule has 0 saturated heterocycles. The zero-order valence-corrected chi connectivity index (χ0v) is 9.12. The van der Waals surface area contributed by atoms with Crippen molar-refractivity contribution in [2.45, 2.75) is 27.1 Å². The lowest BCUT2D eigenvalue weighted by atomic mass is 10.1. The van der Waals surface area contributed by atoms with Gasteiger partial charge in [-0.25, -0.2) is 0 Å². The van der Waals surface area contributed by atoms with E-state index in [-0.39, 0.29) is 6.29 Å². The van der Waals surface area contributed by atoms with Crippen LogP contribution >= 0.6 is 0 Å². The minimum absolute atomic E-state index is 0.218. The number of rotatable bonds is 5. The average Bonchev–Trinajstić information content (AvgIpc) is 2.17. The van der Waals surface area contributed by atoms with Crippen molar-refractivity contribution in [3.63, 3.8) is 0 Å².